The number of nitrogens with one attached hydrogen (secondary N) is 1. The van der Waals surface area contributed by atoms with Crippen LogP contribution in [-0.2, 0) is 13.5 Å². The molecule has 1 aromatic heterocycles. The van der Waals surface area contributed by atoms with Gasteiger partial charge in [-0.3, -0.25) is 4.68 Å². The highest BCUT2D eigenvalue weighted by Crippen LogP contribution is 2.28. The number of rotatable bonds is 7. The van der Waals surface area contributed by atoms with Gasteiger partial charge in [-0.25, -0.2) is 0 Å². The molecule has 5 nitrogen and oxygen atoms in total. The summed E-state index contributed by atoms with van der Waals surface area (Å²) in [4.78, 5) is 0. The van der Waals surface area contributed by atoms with Crippen molar-refractivity contribution in [1.82, 2.24) is 9.78 Å². The molecule has 0 spiro atoms. The van der Waals surface area contributed by atoms with Gasteiger partial charge in [-0.15, -0.1) is 0 Å². The Labute approximate surface area is 109 Å². The summed E-state index contributed by atoms with van der Waals surface area (Å²) in [6.45, 7) is 6.47. The van der Waals surface area contributed by atoms with E-state index in [1.165, 1.54) is 0 Å². The molecule has 1 aromatic rings. The quantitative estimate of drug-likeness (QED) is 0.695. The third kappa shape index (κ3) is 3.16. The van der Waals surface area contributed by atoms with Crippen molar-refractivity contribution in [2.24, 2.45) is 7.05 Å². The molecule has 0 saturated heterocycles. The van der Waals surface area contributed by atoms with Crippen molar-refractivity contribution in [1.29, 1.82) is 0 Å². The van der Waals surface area contributed by atoms with Crippen molar-refractivity contribution in [3.8, 4) is 0 Å². The second-order valence-corrected chi connectivity index (χ2v) is 5.10. The summed E-state index contributed by atoms with van der Waals surface area (Å²) in [7, 11) is 1.90. The number of aryl methyl sites for hydroxylation is 2. The summed E-state index contributed by atoms with van der Waals surface area (Å²) in [5, 5.41) is 17.0. The number of aromatic nitrogens is 2. The molecule has 1 rings (SSSR count). The van der Waals surface area contributed by atoms with Crippen molar-refractivity contribution in [3.05, 3.63) is 5.69 Å². The van der Waals surface area contributed by atoms with E-state index in [1.54, 1.807) is 4.68 Å². The van der Waals surface area contributed by atoms with Gasteiger partial charge in [0.05, 0.1) is 11.4 Å². The van der Waals surface area contributed by atoms with E-state index in [-0.39, 0.29) is 12.1 Å². The smallest absolute Gasteiger partial charge is 0.148 e. The van der Waals surface area contributed by atoms with Crippen LogP contribution in [0.2, 0.25) is 0 Å². The third-order valence-corrected chi connectivity index (χ3v) is 3.51. The average molecular weight is 254 g/mol. The molecule has 18 heavy (non-hydrogen) atoms. The largest absolute Gasteiger partial charge is 0.396 e. The number of aliphatic hydroxyl groups excluding tert-OH is 1. The lowest BCUT2D eigenvalue weighted by atomic mass is 9.95. The fourth-order valence-corrected chi connectivity index (χ4v) is 2.03. The van der Waals surface area contributed by atoms with Crippen molar-refractivity contribution < 1.29 is 5.11 Å². The number of anilines is 2. The lowest BCUT2D eigenvalue weighted by Gasteiger charge is -2.30. The van der Waals surface area contributed by atoms with Gasteiger partial charge in [0.15, 0.2) is 0 Å². The maximum absolute atomic E-state index is 9.15. The van der Waals surface area contributed by atoms with Gasteiger partial charge < -0.3 is 16.2 Å². The normalized spacial score (nSPS) is 14.5. The highest BCUT2D eigenvalue weighted by Gasteiger charge is 2.24. The topological polar surface area (TPSA) is 76.1 Å². The predicted molar refractivity (Wildman–Crippen MR) is 75.6 cm³/mol. The molecule has 0 aromatic carbocycles. The molecule has 104 valence electrons. The Morgan fingerprint density at radius 3 is 2.61 bits per heavy atom. The highest BCUT2D eigenvalue weighted by molar-refractivity contribution is 5.66. The summed E-state index contributed by atoms with van der Waals surface area (Å²) < 4.78 is 1.80. The molecule has 0 aliphatic heterocycles. The fourth-order valence-electron chi connectivity index (χ4n) is 2.03. The zero-order chi connectivity index (χ0) is 13.8. The molecule has 0 fully saturated rings. The van der Waals surface area contributed by atoms with E-state index in [4.69, 9.17) is 10.8 Å². The number of nitrogens with two attached hydrogens (primary N) is 1. The summed E-state index contributed by atoms with van der Waals surface area (Å²) in [6.07, 6.45) is 3.53. The Morgan fingerprint density at radius 2 is 2.11 bits per heavy atom. The third-order valence-electron chi connectivity index (χ3n) is 3.51. The van der Waals surface area contributed by atoms with E-state index in [0.717, 1.165) is 36.5 Å². The number of aliphatic hydroxyl groups is 1. The van der Waals surface area contributed by atoms with Crippen molar-refractivity contribution in [3.63, 3.8) is 0 Å². The predicted octanol–water partition coefficient (Wildman–Crippen LogP) is 1.92. The maximum Gasteiger partial charge on any atom is 0.148 e. The van der Waals surface area contributed by atoms with Crippen molar-refractivity contribution in [2.75, 3.05) is 17.7 Å². The molecular weight excluding hydrogens is 228 g/mol. The molecule has 5 heteroatoms. The molecule has 0 aliphatic carbocycles. The number of hydrogen-bond donors (Lipinski definition) is 3. The van der Waals surface area contributed by atoms with Crippen molar-refractivity contribution >= 4 is 11.5 Å². The first-order chi connectivity index (χ1) is 8.47. The van der Waals surface area contributed by atoms with Crippen LogP contribution >= 0.6 is 0 Å². The zero-order valence-corrected chi connectivity index (χ0v) is 12.0. The van der Waals surface area contributed by atoms with Crippen LogP contribution in [0.3, 0.4) is 0 Å². The van der Waals surface area contributed by atoms with Gasteiger partial charge in [-0.1, -0.05) is 20.3 Å². The lowest BCUT2D eigenvalue weighted by molar-refractivity contribution is 0.251. The summed E-state index contributed by atoms with van der Waals surface area (Å²) in [6, 6.07) is 0. The van der Waals surface area contributed by atoms with E-state index in [0.29, 0.717) is 6.42 Å². The second kappa shape index (κ2) is 6.09. The van der Waals surface area contributed by atoms with Crippen LogP contribution in [0.15, 0.2) is 0 Å². The number of nitrogens with zero attached hydrogens (tertiary/aromatic N) is 2. The standard InChI is InChI=1S/C13H26N4O/c1-5-7-10-11(14)12(17(4)16-10)15-13(3,6-2)8-9-18/h15,18H,5-9,14H2,1-4H3. The van der Waals surface area contributed by atoms with Gasteiger partial charge in [0.25, 0.3) is 0 Å². The van der Waals surface area contributed by atoms with Crippen LogP contribution in [0.25, 0.3) is 0 Å². The SMILES string of the molecule is CCCc1nn(C)c(NC(C)(CC)CCO)c1N. The average Bonchev–Trinajstić information content (AvgIpc) is 2.58. The lowest BCUT2D eigenvalue weighted by Crippen LogP contribution is -2.36. The summed E-state index contributed by atoms with van der Waals surface area (Å²) in [5.74, 6) is 0.858. The Kier molecular flexibility index (Phi) is 5.02. The Hall–Kier alpha value is -1.23. The van der Waals surface area contributed by atoms with Gasteiger partial charge in [0, 0.05) is 19.2 Å². The minimum atomic E-state index is -0.153. The Balaban J connectivity index is 2.96. The molecule has 1 atom stereocenters. The summed E-state index contributed by atoms with van der Waals surface area (Å²) in [5.41, 5.74) is 7.67. The van der Waals surface area contributed by atoms with Crippen molar-refractivity contribution in [2.45, 2.75) is 52.0 Å². The first-order valence-corrected chi connectivity index (χ1v) is 6.67. The minimum Gasteiger partial charge on any atom is -0.396 e. The molecule has 4 N–H and O–H groups in total. The molecule has 1 unspecified atom stereocenters. The van der Waals surface area contributed by atoms with Crippen LogP contribution in [0.5, 0.6) is 0 Å². The fraction of sp³-hybridized carbons (Fsp3) is 0.769. The van der Waals surface area contributed by atoms with Crippen LogP contribution in [0.1, 0.15) is 45.7 Å². The molecule has 0 radical (unpaired) electrons. The van der Waals surface area contributed by atoms with E-state index < -0.39 is 0 Å². The van der Waals surface area contributed by atoms with Gasteiger partial charge in [0.2, 0.25) is 0 Å². The minimum absolute atomic E-state index is 0.153. The molecule has 0 saturated carbocycles. The zero-order valence-electron chi connectivity index (χ0n) is 12.0. The van der Waals surface area contributed by atoms with Crippen LogP contribution in [-0.4, -0.2) is 27.0 Å². The molecule has 0 amide bonds. The van der Waals surface area contributed by atoms with E-state index in [1.807, 2.05) is 7.05 Å². The number of nitrogen functional groups attached to an aromatic ring is 1. The highest BCUT2D eigenvalue weighted by atomic mass is 16.3. The van der Waals surface area contributed by atoms with Gasteiger partial charge in [-0.2, -0.15) is 5.10 Å². The molecule has 0 bridgehead atoms. The summed E-state index contributed by atoms with van der Waals surface area (Å²) >= 11 is 0. The Bertz CT molecular complexity index is 389. The van der Waals surface area contributed by atoms with Crippen LogP contribution in [0.4, 0.5) is 11.5 Å². The molecule has 1 heterocycles. The van der Waals surface area contributed by atoms with Gasteiger partial charge in [-0.05, 0) is 26.2 Å². The van der Waals surface area contributed by atoms with Crippen LogP contribution in [0, 0.1) is 0 Å². The van der Waals surface area contributed by atoms with E-state index >= 15 is 0 Å². The first-order valence-electron chi connectivity index (χ1n) is 6.67. The first kappa shape index (κ1) is 14.8. The monoisotopic (exact) mass is 254 g/mol. The molecular formula is C13H26N4O. The van der Waals surface area contributed by atoms with Gasteiger partial charge in [0.1, 0.15) is 5.82 Å². The number of hydrogen-bond acceptors (Lipinski definition) is 4. The van der Waals surface area contributed by atoms with E-state index in [9.17, 15) is 0 Å². The van der Waals surface area contributed by atoms with Crippen LogP contribution < -0.4 is 11.1 Å². The maximum atomic E-state index is 9.15. The van der Waals surface area contributed by atoms with Gasteiger partial charge >= 0.3 is 0 Å². The van der Waals surface area contributed by atoms with E-state index in [2.05, 4.69) is 31.2 Å². The second-order valence-electron chi connectivity index (χ2n) is 5.10. The molecule has 0 aliphatic rings. The Morgan fingerprint density at radius 1 is 1.44 bits per heavy atom.